The van der Waals surface area contributed by atoms with Gasteiger partial charge in [-0.15, -0.1) is 6.26 Å². The minimum atomic E-state index is -2.99. The number of amidine groups is 1. The monoisotopic (exact) mass is 604 g/mol. The maximum Gasteiger partial charge on any atom is 1.00 e. The normalized spacial score (nSPS) is 14.3. The fourth-order valence-corrected chi connectivity index (χ4v) is 4.67. The number of carbonyl (C=O) groups is 1. The molecule has 5 nitrogen and oxygen atoms in total. The zero-order valence-corrected chi connectivity index (χ0v) is 28.5. The minimum absolute atomic E-state index is 0. The predicted octanol–water partition coefficient (Wildman–Crippen LogP) is 4.93. The summed E-state index contributed by atoms with van der Waals surface area (Å²) in [4.78, 5) is 16.7. The van der Waals surface area contributed by atoms with Crippen molar-refractivity contribution < 1.29 is 81.6 Å². The van der Waals surface area contributed by atoms with E-state index in [2.05, 4.69) is 11.9 Å². The minimum Gasteiger partial charge on any atom is -0.876 e. The number of benzene rings is 1. The average Bonchev–Trinajstić information content (AvgIpc) is 3.24. The van der Waals surface area contributed by atoms with Crippen LogP contribution in [-0.4, -0.2) is 24.8 Å². The van der Waals surface area contributed by atoms with Gasteiger partial charge in [0, 0.05) is 0 Å². The number of para-hydroxylation sites is 2. The molecule has 0 bridgehead atoms. The SMILES string of the molecule is CCCCCCCCCCCCCCCCCCCOc1ccccc1N1C(=O)/C(=C\[O-])N=C1C(F)F.[Rb+]. The molecule has 1 amide bonds. The van der Waals surface area contributed by atoms with Gasteiger partial charge >= 0.3 is 58.2 Å². The van der Waals surface area contributed by atoms with E-state index in [-0.39, 0.29) is 70.1 Å². The first kappa shape index (κ1) is 35.4. The summed E-state index contributed by atoms with van der Waals surface area (Å²) in [5.41, 5.74) is -0.353. The van der Waals surface area contributed by atoms with Gasteiger partial charge in [-0.2, -0.15) is 0 Å². The van der Waals surface area contributed by atoms with Crippen molar-refractivity contribution in [2.75, 3.05) is 11.5 Å². The second-order valence-corrected chi connectivity index (χ2v) is 9.89. The summed E-state index contributed by atoms with van der Waals surface area (Å²) in [6, 6.07) is 6.51. The van der Waals surface area contributed by atoms with Gasteiger partial charge in [0.25, 0.3) is 12.3 Å². The number of hydrogen-bond acceptors (Lipinski definition) is 4. The molecule has 0 fully saturated rings. The number of amides is 1. The Morgan fingerprint density at radius 1 is 0.842 bits per heavy atom. The molecule has 0 unspecified atom stereocenters. The Hall–Kier alpha value is -0.635. The van der Waals surface area contributed by atoms with E-state index in [9.17, 15) is 18.7 Å². The van der Waals surface area contributed by atoms with Crippen LogP contribution in [-0.2, 0) is 4.79 Å². The first-order chi connectivity index (χ1) is 18.1. The Labute approximate surface area is 277 Å². The molecule has 1 aromatic rings. The summed E-state index contributed by atoms with van der Waals surface area (Å²) < 4.78 is 32.7. The van der Waals surface area contributed by atoms with Gasteiger partial charge < -0.3 is 9.84 Å². The zero-order valence-electron chi connectivity index (χ0n) is 23.6. The molecule has 1 aliphatic rings. The largest absolute Gasteiger partial charge is 1.00 e. The first-order valence-electron chi connectivity index (χ1n) is 14.3. The molecule has 1 heterocycles. The summed E-state index contributed by atoms with van der Waals surface area (Å²) in [5.74, 6) is -1.28. The molecule has 8 heteroatoms. The second kappa shape index (κ2) is 22.1. The van der Waals surface area contributed by atoms with E-state index in [0.717, 1.165) is 24.2 Å². The van der Waals surface area contributed by atoms with Gasteiger partial charge in [0.1, 0.15) is 11.4 Å². The first-order valence-corrected chi connectivity index (χ1v) is 14.3. The molecular weight excluding hydrogens is 560 g/mol. The third kappa shape index (κ3) is 13.1. The van der Waals surface area contributed by atoms with E-state index in [1.807, 2.05) is 0 Å². The number of aliphatic imine (C=N–C) groups is 1. The van der Waals surface area contributed by atoms with Crippen LogP contribution in [0.2, 0.25) is 0 Å². The van der Waals surface area contributed by atoms with E-state index in [4.69, 9.17) is 4.74 Å². The Kier molecular flexibility index (Phi) is 20.6. The molecule has 1 aliphatic heterocycles. The molecule has 0 aliphatic carbocycles. The number of alkyl halides is 2. The van der Waals surface area contributed by atoms with E-state index in [0.29, 0.717) is 12.4 Å². The molecule has 0 N–H and O–H groups in total. The van der Waals surface area contributed by atoms with Crippen molar-refractivity contribution in [3.63, 3.8) is 0 Å². The number of nitrogens with zero attached hydrogens (tertiary/aromatic N) is 2. The van der Waals surface area contributed by atoms with Gasteiger partial charge in [-0.3, -0.25) is 9.69 Å². The van der Waals surface area contributed by atoms with Gasteiger partial charge in [-0.05, 0) is 18.6 Å². The fraction of sp³-hybridized carbons (Fsp3) is 0.667. The summed E-state index contributed by atoms with van der Waals surface area (Å²) >= 11 is 0. The van der Waals surface area contributed by atoms with Crippen LogP contribution in [0.5, 0.6) is 5.75 Å². The van der Waals surface area contributed by atoms with Crippen LogP contribution in [0.15, 0.2) is 41.2 Å². The number of carbonyl (C=O) groups excluding carboxylic acids is 1. The van der Waals surface area contributed by atoms with Gasteiger partial charge in [0.05, 0.1) is 12.3 Å². The van der Waals surface area contributed by atoms with E-state index >= 15 is 0 Å². The second-order valence-electron chi connectivity index (χ2n) is 9.89. The molecule has 0 saturated carbocycles. The number of rotatable bonds is 21. The zero-order chi connectivity index (χ0) is 26.7. The third-order valence-corrected chi connectivity index (χ3v) is 6.80. The van der Waals surface area contributed by atoms with Crippen molar-refractivity contribution in [3.05, 3.63) is 36.2 Å². The average molecular weight is 605 g/mol. The van der Waals surface area contributed by atoms with Crippen molar-refractivity contribution in [2.24, 2.45) is 4.99 Å². The maximum atomic E-state index is 13.4. The van der Waals surface area contributed by atoms with Gasteiger partial charge in [-0.1, -0.05) is 122 Å². The maximum absolute atomic E-state index is 13.4. The quantitative estimate of drug-likeness (QED) is 0.114. The molecule has 38 heavy (non-hydrogen) atoms. The molecule has 208 valence electrons. The topological polar surface area (TPSA) is 65.0 Å². The van der Waals surface area contributed by atoms with Crippen LogP contribution in [0.25, 0.3) is 0 Å². The summed E-state index contributed by atoms with van der Waals surface area (Å²) in [5, 5.41) is 11.0. The molecule has 2 rings (SSSR count). The summed E-state index contributed by atoms with van der Waals surface area (Å²) in [6.45, 7) is 2.70. The van der Waals surface area contributed by atoms with Gasteiger partial charge in [-0.25, -0.2) is 13.8 Å². The van der Waals surface area contributed by atoms with Crippen molar-refractivity contribution in [1.29, 1.82) is 0 Å². The van der Waals surface area contributed by atoms with Crippen molar-refractivity contribution in [1.82, 2.24) is 0 Å². The van der Waals surface area contributed by atoms with Crippen molar-refractivity contribution in [3.8, 4) is 5.75 Å². The van der Waals surface area contributed by atoms with Crippen LogP contribution >= 0.6 is 0 Å². The Morgan fingerprint density at radius 3 is 1.79 bits per heavy atom. The van der Waals surface area contributed by atoms with E-state index < -0.39 is 23.9 Å². The number of unbranched alkanes of at least 4 members (excludes halogenated alkanes) is 16. The Bertz CT molecular complexity index is 849. The summed E-state index contributed by atoms with van der Waals surface area (Å²) in [7, 11) is 0. The number of anilines is 1. The summed E-state index contributed by atoms with van der Waals surface area (Å²) in [6.07, 6.45) is 19.2. The third-order valence-electron chi connectivity index (χ3n) is 6.80. The molecule has 0 saturated heterocycles. The van der Waals surface area contributed by atoms with Crippen LogP contribution < -0.4 is 72.9 Å². The number of halogens is 2. The molecule has 0 aromatic heterocycles. The molecule has 1 aromatic carbocycles. The van der Waals surface area contributed by atoms with E-state index in [1.165, 1.54) is 96.0 Å². The molecule has 0 radical (unpaired) electrons. The van der Waals surface area contributed by atoms with Crippen LogP contribution in [0, 0.1) is 0 Å². The molecule has 0 spiro atoms. The van der Waals surface area contributed by atoms with Gasteiger partial charge in [0.2, 0.25) is 0 Å². The van der Waals surface area contributed by atoms with Crippen LogP contribution in [0.4, 0.5) is 14.5 Å². The number of ether oxygens (including phenoxy) is 1. The molecule has 0 atom stereocenters. The predicted molar refractivity (Wildman–Crippen MR) is 145 cm³/mol. The number of hydrogen-bond donors (Lipinski definition) is 0. The van der Waals surface area contributed by atoms with Gasteiger partial charge in [0.15, 0.2) is 5.84 Å². The Morgan fingerprint density at radius 2 is 1.32 bits per heavy atom. The van der Waals surface area contributed by atoms with Crippen molar-refractivity contribution >= 4 is 17.4 Å². The van der Waals surface area contributed by atoms with Crippen LogP contribution in [0.3, 0.4) is 0 Å². The van der Waals surface area contributed by atoms with Crippen LogP contribution in [0.1, 0.15) is 116 Å². The smallest absolute Gasteiger partial charge is 0.876 e. The standard InChI is InChI=1S/C30H46F2N2O3.Rb/c1-2-3-4-5-6-7-8-9-10-11-12-13-14-15-16-17-20-23-37-27-22-19-18-21-26(27)34-29(28(31)32)33-25(24-35)30(34)36;/h18-19,21-22,24,28,35H,2-17,20,23H2,1H3;/q;+1/p-1/b25-24+;. The molecular formula is C30H45F2N2O3Rb. The van der Waals surface area contributed by atoms with E-state index in [1.54, 1.807) is 18.2 Å². The van der Waals surface area contributed by atoms with Crippen molar-refractivity contribution in [2.45, 2.75) is 123 Å². The fourth-order valence-electron chi connectivity index (χ4n) is 4.67. The Balaban J connectivity index is 0.00000722.